The van der Waals surface area contributed by atoms with E-state index in [4.69, 9.17) is 6.85 Å². The van der Waals surface area contributed by atoms with Gasteiger partial charge in [-0.05, 0) is 179 Å². The molecular formula is C92H70BN3S. The minimum atomic E-state index is -0.686. The van der Waals surface area contributed by atoms with Gasteiger partial charge in [0.1, 0.15) is 0 Å². The molecule has 2 aromatic heterocycles. The molecule has 5 heteroatoms. The molecule has 0 fully saturated rings. The lowest BCUT2D eigenvalue weighted by Gasteiger charge is -2.45. The van der Waals surface area contributed by atoms with Crippen LogP contribution in [0.5, 0.6) is 0 Å². The van der Waals surface area contributed by atoms with Crippen LogP contribution in [0.15, 0.2) is 315 Å². The molecule has 0 unspecified atom stereocenters. The maximum atomic E-state index is 9.86. The first kappa shape index (κ1) is 46.0. The van der Waals surface area contributed by atoms with Gasteiger partial charge in [-0.1, -0.05) is 272 Å². The first-order chi connectivity index (χ1) is 52.8. The van der Waals surface area contributed by atoms with Gasteiger partial charge in [0, 0.05) is 76.2 Å². The number of rotatable bonds is 9. The van der Waals surface area contributed by atoms with Gasteiger partial charge < -0.3 is 14.4 Å². The molecule has 2 aliphatic heterocycles. The molecule has 0 saturated heterocycles. The van der Waals surface area contributed by atoms with Crippen molar-refractivity contribution in [2.75, 3.05) is 9.80 Å². The van der Waals surface area contributed by atoms with E-state index >= 15 is 0 Å². The molecule has 0 aliphatic carbocycles. The van der Waals surface area contributed by atoms with Crippen molar-refractivity contribution in [3.63, 3.8) is 0 Å². The zero-order chi connectivity index (χ0) is 76.6. The molecule has 0 bridgehead atoms. The van der Waals surface area contributed by atoms with Gasteiger partial charge in [0.15, 0.2) is 0 Å². The van der Waals surface area contributed by atoms with Gasteiger partial charge in [-0.3, -0.25) is 0 Å². The first-order valence-corrected chi connectivity index (χ1v) is 33.7. The predicted octanol–water partition coefficient (Wildman–Crippen LogP) is 23.8. The summed E-state index contributed by atoms with van der Waals surface area (Å²) in [5.41, 5.74) is 18.6. The highest BCUT2D eigenvalue weighted by atomic mass is 32.1. The summed E-state index contributed by atoms with van der Waals surface area (Å²) in [6.07, 6.45) is 0. The molecule has 16 aromatic rings. The third-order valence-electron chi connectivity index (χ3n) is 19.6. The quantitative estimate of drug-likeness (QED) is 0.133. The van der Waals surface area contributed by atoms with Crippen LogP contribution in [-0.4, -0.2) is 11.3 Å². The van der Waals surface area contributed by atoms with Crippen molar-refractivity contribution in [1.29, 1.82) is 0 Å². The van der Waals surface area contributed by atoms with Crippen LogP contribution >= 0.6 is 11.3 Å². The average Bonchev–Trinajstić information content (AvgIpc) is 1.00. The second-order valence-electron chi connectivity index (χ2n) is 27.5. The maximum Gasteiger partial charge on any atom is 0.252 e. The van der Waals surface area contributed by atoms with E-state index in [2.05, 4.69) is 209 Å². The number of hydrogen-bond donors (Lipinski definition) is 0. The van der Waals surface area contributed by atoms with E-state index in [1.807, 2.05) is 78.9 Å². The summed E-state index contributed by atoms with van der Waals surface area (Å²) < 4.78 is 126. The lowest BCUT2D eigenvalue weighted by atomic mass is 9.33. The number of benzene rings is 14. The van der Waals surface area contributed by atoms with E-state index in [-0.39, 0.29) is 44.9 Å². The van der Waals surface area contributed by atoms with Gasteiger partial charge in [0.25, 0.3) is 6.71 Å². The third kappa shape index (κ3) is 9.77. The molecule has 0 saturated carbocycles. The molecule has 0 N–H and O–H groups in total. The Bertz CT molecular complexity index is 6440. The number of anilines is 6. The number of thiophene rings is 1. The summed E-state index contributed by atoms with van der Waals surface area (Å²) in [5, 5.41) is 2.05. The highest BCUT2D eigenvalue weighted by molar-refractivity contribution is 7.26. The molecule has 462 valence electrons. The van der Waals surface area contributed by atoms with E-state index in [0.717, 1.165) is 126 Å². The highest BCUT2D eigenvalue weighted by Gasteiger charge is 2.45. The van der Waals surface area contributed by atoms with Crippen LogP contribution in [0.1, 0.15) is 70.5 Å². The molecule has 0 radical (unpaired) electrons. The van der Waals surface area contributed by atoms with Crippen molar-refractivity contribution >= 4 is 111 Å². The minimum absolute atomic E-state index is 0.0214. The van der Waals surface area contributed by atoms with E-state index < -0.39 is 78.6 Å². The Morgan fingerprint density at radius 3 is 1.47 bits per heavy atom. The fourth-order valence-corrected chi connectivity index (χ4v) is 16.0. The Kier molecular flexibility index (Phi) is 10.8. The van der Waals surface area contributed by atoms with Crippen molar-refractivity contribution < 1.29 is 17.8 Å². The van der Waals surface area contributed by atoms with Crippen molar-refractivity contribution in [2.24, 2.45) is 0 Å². The Morgan fingerprint density at radius 2 is 0.845 bits per heavy atom. The molecule has 3 nitrogen and oxygen atoms in total. The fraction of sp³-hybridized carbons (Fsp3) is 0.0870. The maximum absolute atomic E-state index is 9.86. The van der Waals surface area contributed by atoms with Crippen molar-refractivity contribution in [3.8, 4) is 72.4 Å². The number of nitrogens with zero attached hydrogens (tertiary/aromatic N) is 3. The van der Waals surface area contributed by atoms with Crippen molar-refractivity contribution in [3.05, 3.63) is 326 Å². The van der Waals surface area contributed by atoms with Crippen LogP contribution in [0.2, 0.25) is 0 Å². The molecule has 2 aliphatic rings. The lowest BCUT2D eigenvalue weighted by molar-refractivity contribution is 0.590. The van der Waals surface area contributed by atoms with Gasteiger partial charge in [-0.25, -0.2) is 0 Å². The van der Waals surface area contributed by atoms with Gasteiger partial charge in [-0.2, -0.15) is 0 Å². The standard InChI is InChI=1S/C92H70BN3S/c1-91(2,3)68-45-42-63(43-46-68)77-57-69(92(4,5)6)56-76(62-32-17-10-18-33-62)90(77)96-83-58-70(94-80-38-22-19-34-73(80)74-35-20-23-39-81(74)94)47-49-79(83)93-78-48-44-64(59-26-11-7-12-27-59)53-82(78)95(71-51-65(60-28-13-8-14-29-60)50-66(52-71)61-30-15-9-16-31-61)84-54-67(55-85(96)89(84)93)72-37-25-41-87-88(72)75-36-21-24-40-86(75)97-87/h7-58H,1-6H3/i7D,11D,12D,19D,20D,22D,23D,26D,27D,34D,35D,38D,39D. The molecule has 0 spiro atoms. The number of para-hydroxylation sites is 2. The van der Waals surface area contributed by atoms with Gasteiger partial charge in [0.2, 0.25) is 0 Å². The Hall–Kier alpha value is -11.2. The second-order valence-corrected chi connectivity index (χ2v) is 28.6. The van der Waals surface area contributed by atoms with E-state index in [1.54, 1.807) is 15.9 Å². The summed E-state index contributed by atoms with van der Waals surface area (Å²) in [6.45, 7) is 12.6. The van der Waals surface area contributed by atoms with Crippen molar-refractivity contribution in [1.82, 2.24) is 4.57 Å². The Morgan fingerprint density at radius 1 is 0.330 bits per heavy atom. The van der Waals surface area contributed by atoms with Crippen LogP contribution < -0.4 is 26.2 Å². The summed E-state index contributed by atoms with van der Waals surface area (Å²) in [4.78, 5) is 4.69. The zero-order valence-corrected chi connectivity index (χ0v) is 55.2. The molecule has 14 aromatic carbocycles. The number of aromatic nitrogens is 1. The van der Waals surface area contributed by atoms with Gasteiger partial charge in [-0.15, -0.1) is 11.3 Å². The summed E-state index contributed by atoms with van der Waals surface area (Å²) in [7, 11) is 0. The Balaban J connectivity index is 1.07. The minimum Gasteiger partial charge on any atom is -0.311 e. The van der Waals surface area contributed by atoms with Crippen LogP contribution in [0.4, 0.5) is 34.1 Å². The average molecular weight is 1270 g/mol. The van der Waals surface area contributed by atoms with Crippen LogP contribution in [0, 0.1) is 0 Å². The topological polar surface area (TPSA) is 11.4 Å². The predicted molar refractivity (Wildman–Crippen MR) is 418 cm³/mol. The van der Waals surface area contributed by atoms with E-state index in [1.165, 1.54) is 0 Å². The van der Waals surface area contributed by atoms with E-state index in [0.29, 0.717) is 22.6 Å². The second kappa shape index (κ2) is 22.7. The third-order valence-corrected chi connectivity index (χ3v) is 20.7. The molecule has 97 heavy (non-hydrogen) atoms. The molecular weight excluding hydrogens is 1190 g/mol. The molecule has 0 amide bonds. The smallest absolute Gasteiger partial charge is 0.252 e. The number of hydrogen-bond acceptors (Lipinski definition) is 3. The monoisotopic (exact) mass is 1270 g/mol. The summed E-state index contributed by atoms with van der Waals surface area (Å²) in [6, 6.07) is 76.5. The Labute approximate surface area is 590 Å². The molecule has 18 rings (SSSR count). The number of fused-ring (bicyclic) bond motifs is 10. The van der Waals surface area contributed by atoms with Crippen LogP contribution in [0.25, 0.3) is 114 Å². The van der Waals surface area contributed by atoms with Crippen LogP contribution in [0.3, 0.4) is 0 Å². The van der Waals surface area contributed by atoms with Crippen molar-refractivity contribution in [2.45, 2.75) is 52.4 Å². The largest absolute Gasteiger partial charge is 0.311 e. The highest BCUT2D eigenvalue weighted by Crippen LogP contribution is 2.54. The normalized spacial score (nSPS) is 14.7. The summed E-state index contributed by atoms with van der Waals surface area (Å²) >= 11 is 1.73. The lowest BCUT2D eigenvalue weighted by Crippen LogP contribution is -2.61. The molecule has 0 atom stereocenters. The SMILES string of the molecule is [2H]c1c([2H])c([2H])c(-c2ccc3c(c2)N(c2cc(-c4ccccc4)cc(-c4ccccc4)c2)c2cc(-c4cccc5sc6ccccc6c45)cc4c2B3c2ccc(-n3c5c([2H])c([2H])c([2H])c([2H])c5c5c([2H])c([2H])c([2H])c([2H])c53)cc2N4c2c(-c3ccccc3)cc(C(C)(C)C)cc2-c2ccc(C(C)(C)C)cc2)c([2H])c1[2H]. The summed E-state index contributed by atoms with van der Waals surface area (Å²) in [5.74, 6) is 0. The first-order valence-electron chi connectivity index (χ1n) is 39.4. The van der Waals surface area contributed by atoms with Crippen LogP contribution in [-0.2, 0) is 10.8 Å². The molecule has 4 heterocycles. The van der Waals surface area contributed by atoms with E-state index in [9.17, 15) is 11.0 Å². The van der Waals surface area contributed by atoms with Gasteiger partial charge >= 0.3 is 0 Å². The zero-order valence-electron chi connectivity index (χ0n) is 67.3. The fourth-order valence-electron chi connectivity index (χ4n) is 14.9. The van der Waals surface area contributed by atoms with Gasteiger partial charge in [0.05, 0.1) is 34.5 Å².